The van der Waals surface area contributed by atoms with Gasteiger partial charge in [-0.3, -0.25) is 4.79 Å². The van der Waals surface area contributed by atoms with Gasteiger partial charge in [-0.05, 0) is 72.9 Å². The van der Waals surface area contributed by atoms with Gasteiger partial charge in [0.15, 0.2) is 9.84 Å². The van der Waals surface area contributed by atoms with E-state index in [9.17, 15) is 53.6 Å². The van der Waals surface area contributed by atoms with Gasteiger partial charge < -0.3 is 9.64 Å². The zero-order chi connectivity index (χ0) is 33.2. The normalized spacial score (nSPS) is 20.3. The standard InChI is InChI=1S/C30H22F8N2O4S/c1-44-24-10-2-18(14-19(24)16-39)26(41)40-13-12-27(45(42,43)22-7-5-21(31)6-8-22)23-9-4-20(15-17(23)3-11-25(27)40)28(32,29(33,34)35)30(36,37)38/h2,4-10,14-15,25H,3,11-13H2,1H3/t25-,27-/m0/s1. The van der Waals surface area contributed by atoms with Gasteiger partial charge in [0, 0.05) is 17.7 Å². The van der Waals surface area contributed by atoms with Crippen molar-refractivity contribution in [3.8, 4) is 11.8 Å². The Balaban J connectivity index is 1.69. The molecule has 0 radical (unpaired) electrons. The van der Waals surface area contributed by atoms with Crippen molar-refractivity contribution in [1.82, 2.24) is 4.90 Å². The number of hydrogen-bond donors (Lipinski definition) is 0. The summed E-state index contributed by atoms with van der Waals surface area (Å²) in [6.45, 7) is -0.211. The minimum Gasteiger partial charge on any atom is -0.495 e. The number of amides is 1. The van der Waals surface area contributed by atoms with Crippen molar-refractivity contribution in [3.05, 3.63) is 94.3 Å². The highest BCUT2D eigenvalue weighted by atomic mass is 32.2. The highest BCUT2D eigenvalue weighted by molar-refractivity contribution is 7.92. The van der Waals surface area contributed by atoms with Crippen LogP contribution in [0.4, 0.5) is 35.1 Å². The molecule has 0 N–H and O–H groups in total. The average Bonchev–Trinajstić information content (AvgIpc) is 3.40. The molecule has 3 aromatic rings. The minimum atomic E-state index is -6.38. The monoisotopic (exact) mass is 658 g/mol. The fraction of sp³-hybridized carbons (Fsp3) is 0.333. The van der Waals surface area contributed by atoms with Crippen LogP contribution in [0.3, 0.4) is 0 Å². The molecule has 1 saturated heterocycles. The number of likely N-dealkylation sites (tertiary alicyclic amines) is 1. The first-order valence-corrected chi connectivity index (χ1v) is 14.8. The molecule has 1 aliphatic heterocycles. The Bertz CT molecular complexity index is 1800. The Hall–Kier alpha value is -4.19. The molecule has 1 heterocycles. The topological polar surface area (TPSA) is 87.5 Å². The average molecular weight is 659 g/mol. The van der Waals surface area contributed by atoms with Crippen LogP contribution in [0.5, 0.6) is 5.75 Å². The number of benzene rings is 3. The smallest absolute Gasteiger partial charge is 0.435 e. The zero-order valence-corrected chi connectivity index (χ0v) is 24.0. The maximum Gasteiger partial charge on any atom is 0.435 e. The van der Waals surface area contributed by atoms with Gasteiger partial charge in [0.2, 0.25) is 0 Å². The minimum absolute atomic E-state index is 0.000965. The number of alkyl halides is 7. The summed E-state index contributed by atoms with van der Waals surface area (Å²) >= 11 is 0. The first-order valence-electron chi connectivity index (χ1n) is 13.3. The zero-order valence-electron chi connectivity index (χ0n) is 23.1. The van der Waals surface area contributed by atoms with Crippen LogP contribution >= 0.6 is 0 Å². The van der Waals surface area contributed by atoms with Crippen molar-refractivity contribution >= 4 is 15.7 Å². The van der Waals surface area contributed by atoms with Gasteiger partial charge >= 0.3 is 18.0 Å². The molecule has 1 amide bonds. The number of carbonyl (C=O) groups excluding carboxylic acids is 1. The summed E-state index contributed by atoms with van der Waals surface area (Å²) in [6.07, 6.45) is -13.6. The van der Waals surface area contributed by atoms with Crippen LogP contribution in [0, 0.1) is 17.1 Å². The van der Waals surface area contributed by atoms with Gasteiger partial charge in [0.25, 0.3) is 5.91 Å². The summed E-state index contributed by atoms with van der Waals surface area (Å²) in [5.41, 5.74) is -7.95. The van der Waals surface area contributed by atoms with Gasteiger partial charge in [-0.2, -0.15) is 31.6 Å². The number of halogens is 8. The molecular weight excluding hydrogens is 636 g/mol. The van der Waals surface area contributed by atoms with Crippen LogP contribution in [0.1, 0.15) is 45.5 Å². The van der Waals surface area contributed by atoms with E-state index < -0.39 is 60.8 Å². The first kappa shape index (κ1) is 32.2. The number of fused-ring (bicyclic) bond motifs is 3. The second-order valence-corrected chi connectivity index (χ2v) is 12.9. The van der Waals surface area contributed by atoms with Crippen LogP contribution in [0.25, 0.3) is 0 Å². The van der Waals surface area contributed by atoms with E-state index in [-0.39, 0.29) is 59.9 Å². The van der Waals surface area contributed by atoms with Gasteiger partial charge in [0.1, 0.15) is 22.4 Å². The van der Waals surface area contributed by atoms with Crippen LogP contribution < -0.4 is 4.74 Å². The SMILES string of the molecule is COc1ccc(C(=O)N2CC[C@]3(S(=O)(=O)c4ccc(F)cc4)c4ccc(C(F)(C(F)(F)F)C(F)(F)F)cc4CC[C@H]23)cc1C#N. The Morgan fingerprint density at radius 2 is 1.62 bits per heavy atom. The molecule has 2 atom stereocenters. The van der Waals surface area contributed by atoms with E-state index in [4.69, 9.17) is 4.74 Å². The summed E-state index contributed by atoms with van der Waals surface area (Å²) in [7, 11) is -3.33. The van der Waals surface area contributed by atoms with Crippen LogP contribution in [0.2, 0.25) is 0 Å². The lowest BCUT2D eigenvalue weighted by atomic mass is 9.76. The van der Waals surface area contributed by atoms with Gasteiger partial charge in [-0.25, -0.2) is 17.2 Å². The van der Waals surface area contributed by atoms with E-state index >= 15 is 0 Å². The summed E-state index contributed by atoms with van der Waals surface area (Å²) in [5, 5.41) is 9.46. The van der Waals surface area contributed by atoms with E-state index in [1.807, 2.05) is 6.07 Å². The second kappa shape index (κ2) is 10.7. The molecule has 0 bridgehead atoms. The molecular formula is C30H22F8N2O4S. The van der Waals surface area contributed by atoms with E-state index in [1.165, 1.54) is 30.2 Å². The second-order valence-electron chi connectivity index (χ2n) is 10.7. The molecule has 2 aliphatic rings. The molecule has 238 valence electrons. The van der Waals surface area contributed by atoms with E-state index in [2.05, 4.69) is 0 Å². The molecule has 15 heteroatoms. The van der Waals surface area contributed by atoms with Crippen molar-refractivity contribution < 1.29 is 53.1 Å². The lowest BCUT2D eigenvalue weighted by Crippen LogP contribution is -2.53. The Labute approximate surface area is 251 Å². The third-order valence-electron chi connectivity index (χ3n) is 8.50. The Morgan fingerprint density at radius 1 is 0.978 bits per heavy atom. The molecule has 6 nitrogen and oxygen atoms in total. The predicted octanol–water partition coefficient (Wildman–Crippen LogP) is 6.53. The van der Waals surface area contributed by atoms with Gasteiger partial charge in [-0.1, -0.05) is 18.2 Å². The molecule has 5 rings (SSSR count). The number of nitriles is 1. The van der Waals surface area contributed by atoms with Crippen LogP contribution in [-0.4, -0.2) is 51.3 Å². The summed E-state index contributed by atoms with van der Waals surface area (Å²) in [6, 6.07) is 9.70. The lowest BCUT2D eigenvalue weighted by Gasteiger charge is -2.43. The fourth-order valence-corrected chi connectivity index (χ4v) is 8.76. The summed E-state index contributed by atoms with van der Waals surface area (Å²) in [5.74, 6) is -1.29. The van der Waals surface area contributed by atoms with E-state index in [0.717, 1.165) is 30.3 Å². The van der Waals surface area contributed by atoms with Crippen molar-refractivity contribution in [2.75, 3.05) is 13.7 Å². The number of carbonyl (C=O) groups is 1. The predicted molar refractivity (Wildman–Crippen MR) is 142 cm³/mol. The lowest BCUT2D eigenvalue weighted by molar-refractivity contribution is -0.348. The number of sulfone groups is 1. The summed E-state index contributed by atoms with van der Waals surface area (Å²) in [4.78, 5) is 14.6. The van der Waals surface area contributed by atoms with E-state index in [0.29, 0.717) is 6.07 Å². The fourth-order valence-electron chi connectivity index (χ4n) is 6.39. The van der Waals surface area contributed by atoms with E-state index in [1.54, 1.807) is 0 Å². The van der Waals surface area contributed by atoms with Crippen molar-refractivity contribution in [1.29, 1.82) is 5.26 Å². The first-order chi connectivity index (χ1) is 20.9. The molecule has 1 fully saturated rings. The maximum absolute atomic E-state index is 15.0. The van der Waals surface area contributed by atoms with Crippen LogP contribution in [-0.2, 0) is 26.7 Å². The molecule has 0 unspecified atom stereocenters. The maximum atomic E-state index is 15.0. The van der Waals surface area contributed by atoms with Crippen molar-refractivity contribution in [2.45, 2.75) is 53.0 Å². The van der Waals surface area contributed by atoms with Crippen molar-refractivity contribution in [2.24, 2.45) is 0 Å². The number of aryl methyl sites for hydroxylation is 1. The number of methoxy groups -OCH3 is 1. The number of ether oxygens (including phenoxy) is 1. The third-order valence-corrected chi connectivity index (χ3v) is 11.0. The number of hydrogen-bond acceptors (Lipinski definition) is 5. The summed E-state index contributed by atoms with van der Waals surface area (Å²) < 4.78 is 142. The molecule has 1 aliphatic carbocycles. The molecule has 3 aromatic carbocycles. The third kappa shape index (κ3) is 4.72. The highest BCUT2D eigenvalue weighted by Gasteiger charge is 2.73. The highest BCUT2D eigenvalue weighted by Crippen LogP contribution is 2.56. The largest absolute Gasteiger partial charge is 0.495 e. The van der Waals surface area contributed by atoms with Crippen LogP contribution in [0.15, 0.2) is 65.6 Å². The molecule has 0 aromatic heterocycles. The quantitative estimate of drug-likeness (QED) is 0.230. The van der Waals surface area contributed by atoms with Gasteiger partial charge in [-0.15, -0.1) is 0 Å². The molecule has 45 heavy (non-hydrogen) atoms. The molecule has 0 saturated carbocycles. The molecule has 0 spiro atoms. The Kier molecular flexibility index (Phi) is 7.67. The van der Waals surface area contributed by atoms with Crippen molar-refractivity contribution in [3.63, 3.8) is 0 Å². The Morgan fingerprint density at radius 3 is 2.20 bits per heavy atom. The number of rotatable bonds is 5. The van der Waals surface area contributed by atoms with Gasteiger partial charge in [0.05, 0.1) is 23.6 Å². The number of nitrogens with zero attached hydrogens (tertiary/aromatic N) is 2.